The van der Waals surface area contributed by atoms with E-state index in [2.05, 4.69) is 27.2 Å². The monoisotopic (exact) mass is 291 g/mol. The van der Waals surface area contributed by atoms with Gasteiger partial charge in [0.1, 0.15) is 0 Å². The van der Waals surface area contributed by atoms with Crippen LogP contribution in [0.5, 0.6) is 0 Å². The number of hydrogen-bond acceptors (Lipinski definition) is 3. The van der Waals surface area contributed by atoms with Crippen molar-refractivity contribution in [1.82, 2.24) is 15.6 Å². The lowest BCUT2D eigenvalue weighted by Gasteiger charge is -2.19. The largest absolute Gasteiger partial charge is 0.357 e. The summed E-state index contributed by atoms with van der Waals surface area (Å²) in [6, 6.07) is 3.28. The molecule has 0 aliphatic carbocycles. The number of nitrogens with one attached hydrogen (secondary N) is 2. The number of pyridine rings is 1. The van der Waals surface area contributed by atoms with Gasteiger partial charge in [0.25, 0.3) is 0 Å². The first kappa shape index (κ1) is 15.3. The molecule has 1 atom stereocenters. The second-order valence-corrected chi connectivity index (χ2v) is 4.89. The van der Waals surface area contributed by atoms with E-state index >= 15 is 0 Å². The van der Waals surface area contributed by atoms with Crippen LogP contribution in [0, 0.1) is 5.82 Å². The Kier molecular flexibility index (Phi) is 5.54. The Hall–Kier alpha value is -2.11. The smallest absolute Gasteiger partial charge is 0.191 e. The molecule has 1 saturated heterocycles. The Labute approximate surface area is 125 Å². The summed E-state index contributed by atoms with van der Waals surface area (Å²) in [5.41, 5.74) is 0. The van der Waals surface area contributed by atoms with Crippen LogP contribution in [0.4, 0.5) is 10.2 Å². The summed E-state index contributed by atoms with van der Waals surface area (Å²) >= 11 is 0. The van der Waals surface area contributed by atoms with E-state index in [4.69, 9.17) is 0 Å². The van der Waals surface area contributed by atoms with Crippen LogP contribution in [-0.2, 0) is 0 Å². The Morgan fingerprint density at radius 1 is 1.67 bits per heavy atom. The first-order chi connectivity index (χ1) is 10.2. The average Bonchev–Trinajstić information content (AvgIpc) is 2.94. The highest BCUT2D eigenvalue weighted by Crippen LogP contribution is 2.20. The zero-order chi connectivity index (χ0) is 15.1. The molecule has 2 rings (SSSR count). The van der Waals surface area contributed by atoms with Crippen LogP contribution in [0.2, 0.25) is 0 Å². The van der Waals surface area contributed by atoms with Crippen LogP contribution in [0.15, 0.2) is 36.0 Å². The molecule has 0 radical (unpaired) electrons. The van der Waals surface area contributed by atoms with E-state index in [1.807, 2.05) is 11.8 Å². The van der Waals surface area contributed by atoms with E-state index in [0.29, 0.717) is 18.9 Å². The molecule has 1 aliphatic rings. The zero-order valence-electron chi connectivity index (χ0n) is 12.3. The maximum absolute atomic E-state index is 13.7. The van der Waals surface area contributed by atoms with Gasteiger partial charge in [-0.25, -0.2) is 14.4 Å². The number of nitrogens with zero attached hydrogens (tertiary/aromatic N) is 3. The van der Waals surface area contributed by atoms with E-state index < -0.39 is 0 Å². The number of rotatable bonds is 5. The van der Waals surface area contributed by atoms with Gasteiger partial charge in [-0.1, -0.05) is 6.08 Å². The lowest BCUT2D eigenvalue weighted by atomic mass is 10.3. The van der Waals surface area contributed by atoms with Crippen molar-refractivity contribution >= 4 is 11.8 Å². The molecule has 1 fully saturated rings. The lowest BCUT2D eigenvalue weighted by molar-refractivity contribution is 0.612. The second kappa shape index (κ2) is 7.61. The van der Waals surface area contributed by atoms with Gasteiger partial charge in [0.2, 0.25) is 0 Å². The Morgan fingerprint density at radius 3 is 3.24 bits per heavy atom. The second-order valence-electron chi connectivity index (χ2n) is 4.89. The third-order valence-electron chi connectivity index (χ3n) is 3.29. The first-order valence-corrected chi connectivity index (χ1v) is 7.25. The molecule has 0 bridgehead atoms. The van der Waals surface area contributed by atoms with E-state index in [1.54, 1.807) is 18.3 Å². The molecule has 21 heavy (non-hydrogen) atoms. The molecule has 0 aromatic carbocycles. The van der Waals surface area contributed by atoms with Gasteiger partial charge in [-0.3, -0.25) is 0 Å². The quantitative estimate of drug-likeness (QED) is 0.491. The predicted molar refractivity (Wildman–Crippen MR) is 84.1 cm³/mol. The molecule has 1 aliphatic heterocycles. The van der Waals surface area contributed by atoms with Crippen molar-refractivity contribution in [3.8, 4) is 0 Å². The van der Waals surface area contributed by atoms with Crippen molar-refractivity contribution in [3.05, 3.63) is 36.8 Å². The molecule has 1 aromatic rings. The van der Waals surface area contributed by atoms with Gasteiger partial charge in [-0.05, 0) is 25.5 Å². The van der Waals surface area contributed by atoms with Crippen LogP contribution < -0.4 is 15.5 Å². The third-order valence-corrected chi connectivity index (χ3v) is 3.29. The number of guanidine groups is 1. The normalized spacial score (nSPS) is 18.7. The van der Waals surface area contributed by atoms with Gasteiger partial charge in [-0.2, -0.15) is 0 Å². The van der Waals surface area contributed by atoms with E-state index in [9.17, 15) is 4.39 Å². The minimum absolute atomic E-state index is 0.231. The molecule has 2 heterocycles. The van der Waals surface area contributed by atoms with Crippen molar-refractivity contribution in [2.24, 2.45) is 4.99 Å². The molecule has 114 valence electrons. The van der Waals surface area contributed by atoms with Crippen LogP contribution >= 0.6 is 0 Å². The highest BCUT2D eigenvalue weighted by molar-refractivity contribution is 5.80. The number of aliphatic imine (C=N–C) groups is 1. The molecular weight excluding hydrogens is 269 g/mol. The summed E-state index contributed by atoms with van der Waals surface area (Å²) in [6.07, 6.45) is 4.30. The van der Waals surface area contributed by atoms with Crippen LogP contribution in [-0.4, -0.2) is 43.2 Å². The number of halogens is 1. The molecule has 5 nitrogen and oxygen atoms in total. The van der Waals surface area contributed by atoms with Crippen LogP contribution in [0.1, 0.15) is 13.3 Å². The van der Waals surface area contributed by atoms with Gasteiger partial charge in [0.05, 0.1) is 6.54 Å². The molecular formula is C15H22FN5. The summed E-state index contributed by atoms with van der Waals surface area (Å²) in [7, 11) is 0. The molecule has 6 heteroatoms. The maximum Gasteiger partial charge on any atom is 0.191 e. The van der Waals surface area contributed by atoms with Crippen molar-refractivity contribution < 1.29 is 4.39 Å². The first-order valence-electron chi connectivity index (χ1n) is 7.25. The molecule has 0 spiro atoms. The topological polar surface area (TPSA) is 52.6 Å². The predicted octanol–water partition coefficient (Wildman–Crippen LogP) is 1.54. The van der Waals surface area contributed by atoms with Crippen molar-refractivity contribution in [3.63, 3.8) is 0 Å². The molecule has 2 N–H and O–H groups in total. The summed E-state index contributed by atoms with van der Waals surface area (Å²) < 4.78 is 13.7. The van der Waals surface area contributed by atoms with Crippen molar-refractivity contribution in [2.75, 3.05) is 31.1 Å². The highest BCUT2D eigenvalue weighted by Gasteiger charge is 2.25. The van der Waals surface area contributed by atoms with Crippen LogP contribution in [0.3, 0.4) is 0 Å². The summed E-state index contributed by atoms with van der Waals surface area (Å²) in [5.74, 6) is 0.922. The van der Waals surface area contributed by atoms with Gasteiger partial charge >= 0.3 is 0 Å². The molecule has 0 amide bonds. The van der Waals surface area contributed by atoms with E-state index in [0.717, 1.165) is 25.5 Å². The minimum atomic E-state index is -0.273. The summed E-state index contributed by atoms with van der Waals surface area (Å²) in [6.45, 7) is 8.56. The summed E-state index contributed by atoms with van der Waals surface area (Å²) in [5, 5.41) is 6.56. The molecule has 1 unspecified atom stereocenters. The van der Waals surface area contributed by atoms with E-state index in [-0.39, 0.29) is 11.9 Å². The minimum Gasteiger partial charge on any atom is -0.357 e. The Morgan fingerprint density at radius 2 is 2.52 bits per heavy atom. The SMILES string of the molecule is C=CCN=C(NCC)NC1CCN(c2ncccc2F)C1. The zero-order valence-corrected chi connectivity index (χ0v) is 12.3. The van der Waals surface area contributed by atoms with E-state index in [1.165, 1.54) is 6.07 Å². The van der Waals surface area contributed by atoms with Crippen molar-refractivity contribution in [1.29, 1.82) is 0 Å². The number of anilines is 1. The van der Waals surface area contributed by atoms with Crippen molar-refractivity contribution in [2.45, 2.75) is 19.4 Å². The maximum atomic E-state index is 13.7. The fourth-order valence-corrected chi connectivity index (χ4v) is 2.35. The van der Waals surface area contributed by atoms with Gasteiger partial charge in [-0.15, -0.1) is 6.58 Å². The lowest BCUT2D eigenvalue weighted by Crippen LogP contribution is -2.44. The molecule has 1 aromatic heterocycles. The molecule has 0 saturated carbocycles. The average molecular weight is 291 g/mol. The fourth-order valence-electron chi connectivity index (χ4n) is 2.35. The third kappa shape index (κ3) is 4.18. The Balaban J connectivity index is 1.95. The van der Waals surface area contributed by atoms with Gasteiger partial charge in [0.15, 0.2) is 17.6 Å². The number of aromatic nitrogens is 1. The standard InChI is InChI=1S/C15H22FN5/c1-3-8-19-15(17-4-2)20-12-7-10-21(11-12)14-13(16)6-5-9-18-14/h3,5-6,9,12H,1,4,7-8,10-11H2,2H3,(H2,17,19,20). The Bertz CT molecular complexity index is 503. The van der Waals surface area contributed by atoms with Gasteiger partial charge < -0.3 is 15.5 Å². The summed E-state index contributed by atoms with van der Waals surface area (Å²) in [4.78, 5) is 10.5. The fraction of sp³-hybridized carbons (Fsp3) is 0.467. The highest BCUT2D eigenvalue weighted by atomic mass is 19.1. The van der Waals surface area contributed by atoms with Gasteiger partial charge in [0, 0.05) is 31.9 Å². The number of hydrogen-bond donors (Lipinski definition) is 2. The van der Waals surface area contributed by atoms with Crippen LogP contribution in [0.25, 0.3) is 0 Å².